The van der Waals surface area contributed by atoms with Crippen molar-refractivity contribution >= 4 is 22.4 Å². The van der Waals surface area contributed by atoms with E-state index in [-0.39, 0.29) is 5.25 Å². The van der Waals surface area contributed by atoms with E-state index in [9.17, 15) is 4.21 Å². The number of guanidine groups is 1. The average molecular weight is 268 g/mol. The van der Waals surface area contributed by atoms with Gasteiger partial charge in [0, 0.05) is 34.5 Å². The van der Waals surface area contributed by atoms with Crippen LogP contribution in [0.3, 0.4) is 0 Å². The summed E-state index contributed by atoms with van der Waals surface area (Å²) in [7, 11) is -0.806. The third kappa shape index (κ3) is 5.29. The summed E-state index contributed by atoms with van der Waals surface area (Å²) >= 11 is 0. The van der Waals surface area contributed by atoms with Gasteiger partial charge in [0.25, 0.3) is 0 Å². The van der Waals surface area contributed by atoms with Crippen molar-refractivity contribution in [3.8, 4) is 0 Å². The van der Waals surface area contributed by atoms with Gasteiger partial charge in [0.05, 0.1) is 0 Å². The predicted octanol–water partition coefficient (Wildman–Crippen LogP) is 1.07. The zero-order valence-electron chi connectivity index (χ0n) is 10.7. The molecule has 2 unspecified atom stereocenters. The van der Waals surface area contributed by atoms with Crippen LogP contribution in [0.1, 0.15) is 13.3 Å². The number of nitrogens with one attached hydrogen (secondary N) is 2. The quantitative estimate of drug-likeness (QED) is 0.323. The molecule has 18 heavy (non-hydrogen) atoms. The van der Waals surface area contributed by atoms with Crippen LogP contribution >= 0.6 is 0 Å². The highest BCUT2D eigenvalue weighted by Gasteiger charge is 2.05. The molecule has 100 valence electrons. The fourth-order valence-electron chi connectivity index (χ4n) is 1.30. The Morgan fingerprint density at radius 2 is 2.11 bits per heavy atom. The third-order valence-corrected chi connectivity index (χ3v) is 3.91. The van der Waals surface area contributed by atoms with Gasteiger partial charge in [0.15, 0.2) is 0 Å². The van der Waals surface area contributed by atoms with Gasteiger partial charge in [-0.1, -0.05) is 25.1 Å². The van der Waals surface area contributed by atoms with E-state index in [1.54, 1.807) is 6.26 Å². The van der Waals surface area contributed by atoms with E-state index in [2.05, 4.69) is 15.7 Å². The normalized spacial score (nSPS) is 14.9. The first kappa shape index (κ1) is 14.7. The number of anilines is 1. The molecule has 0 fully saturated rings. The molecule has 0 bridgehead atoms. The molecule has 1 rings (SSSR count). The summed E-state index contributed by atoms with van der Waals surface area (Å²) in [6, 6.07) is 9.65. The lowest BCUT2D eigenvalue weighted by atomic mass is 10.3. The highest BCUT2D eigenvalue weighted by Crippen LogP contribution is 2.04. The molecule has 4 N–H and O–H groups in total. The maximum atomic E-state index is 11.2. The summed E-state index contributed by atoms with van der Waals surface area (Å²) < 4.78 is 11.2. The summed E-state index contributed by atoms with van der Waals surface area (Å²) in [6.07, 6.45) is 2.48. The molecule has 2 atom stereocenters. The summed E-state index contributed by atoms with van der Waals surface area (Å²) in [5.74, 6) is 5.90. The highest BCUT2D eigenvalue weighted by atomic mass is 32.2. The van der Waals surface area contributed by atoms with Gasteiger partial charge in [-0.2, -0.15) is 0 Å². The SMILES string of the molecule is CC(CCN=C(NN)Nc1ccccc1)S(C)=O. The molecule has 0 saturated carbocycles. The van der Waals surface area contributed by atoms with E-state index in [1.165, 1.54) is 0 Å². The molecule has 0 aliphatic heterocycles. The Balaban J connectivity index is 2.48. The predicted molar refractivity (Wildman–Crippen MR) is 77.8 cm³/mol. The lowest BCUT2D eigenvalue weighted by molar-refractivity contribution is 0.670. The average Bonchev–Trinajstić information content (AvgIpc) is 2.38. The van der Waals surface area contributed by atoms with E-state index in [4.69, 9.17) is 5.84 Å². The summed E-state index contributed by atoms with van der Waals surface area (Å²) in [5.41, 5.74) is 3.43. The Morgan fingerprint density at radius 1 is 1.44 bits per heavy atom. The number of nitrogens with two attached hydrogens (primary N) is 1. The zero-order valence-corrected chi connectivity index (χ0v) is 11.5. The van der Waals surface area contributed by atoms with Crippen LogP contribution in [0.2, 0.25) is 0 Å². The monoisotopic (exact) mass is 268 g/mol. The van der Waals surface area contributed by atoms with E-state index in [0.29, 0.717) is 12.5 Å². The maximum Gasteiger partial charge on any atom is 0.210 e. The number of benzene rings is 1. The van der Waals surface area contributed by atoms with Crippen molar-refractivity contribution in [2.45, 2.75) is 18.6 Å². The first-order chi connectivity index (χ1) is 8.63. The van der Waals surface area contributed by atoms with Gasteiger partial charge in [-0.3, -0.25) is 14.6 Å². The molecule has 5 nitrogen and oxygen atoms in total. The topological polar surface area (TPSA) is 79.5 Å². The van der Waals surface area contributed by atoms with Crippen LogP contribution in [0.25, 0.3) is 0 Å². The van der Waals surface area contributed by atoms with Crippen molar-refractivity contribution in [2.24, 2.45) is 10.8 Å². The molecule has 0 radical (unpaired) electrons. The van der Waals surface area contributed by atoms with Gasteiger partial charge in [0.2, 0.25) is 5.96 Å². The molecule has 1 aromatic carbocycles. The second-order valence-electron chi connectivity index (χ2n) is 3.96. The Bertz CT molecular complexity index is 408. The van der Waals surface area contributed by atoms with Gasteiger partial charge >= 0.3 is 0 Å². The van der Waals surface area contributed by atoms with Gasteiger partial charge in [-0.15, -0.1) is 0 Å². The fraction of sp³-hybridized carbons (Fsp3) is 0.417. The lowest BCUT2D eigenvalue weighted by Crippen LogP contribution is -2.36. The first-order valence-electron chi connectivity index (χ1n) is 5.79. The second-order valence-corrected chi connectivity index (χ2v) is 5.77. The highest BCUT2D eigenvalue weighted by molar-refractivity contribution is 7.84. The minimum atomic E-state index is -0.806. The zero-order chi connectivity index (χ0) is 13.4. The molecule has 6 heteroatoms. The Kier molecular flexibility index (Phi) is 6.38. The number of hydrogen-bond donors (Lipinski definition) is 3. The molecule has 0 spiro atoms. The van der Waals surface area contributed by atoms with Crippen molar-refractivity contribution in [1.29, 1.82) is 0 Å². The minimum absolute atomic E-state index is 0.143. The van der Waals surface area contributed by atoms with E-state index in [1.807, 2.05) is 37.3 Å². The molecule has 0 saturated heterocycles. The molecule has 0 aliphatic rings. The smallest absolute Gasteiger partial charge is 0.210 e. The van der Waals surface area contributed by atoms with Gasteiger partial charge in [0.1, 0.15) is 0 Å². The summed E-state index contributed by atoms with van der Waals surface area (Å²) in [4.78, 5) is 4.29. The van der Waals surface area contributed by atoms with Crippen LogP contribution in [0.15, 0.2) is 35.3 Å². The first-order valence-corrected chi connectivity index (χ1v) is 7.41. The molecule has 1 aromatic rings. The molecule has 0 amide bonds. The van der Waals surface area contributed by atoms with Crippen LogP contribution in [0.4, 0.5) is 5.69 Å². The molecular formula is C12H20N4OS. The Hall–Kier alpha value is -1.40. The van der Waals surface area contributed by atoms with Gasteiger partial charge in [-0.25, -0.2) is 5.84 Å². The largest absolute Gasteiger partial charge is 0.325 e. The van der Waals surface area contributed by atoms with Crippen LogP contribution in [0.5, 0.6) is 0 Å². The maximum absolute atomic E-state index is 11.2. The fourth-order valence-corrected chi connectivity index (χ4v) is 1.74. The lowest BCUT2D eigenvalue weighted by Gasteiger charge is -2.10. The number of hydrogen-bond acceptors (Lipinski definition) is 3. The van der Waals surface area contributed by atoms with Crippen LogP contribution in [0, 0.1) is 0 Å². The minimum Gasteiger partial charge on any atom is -0.325 e. The Labute approximate surface area is 110 Å². The van der Waals surface area contributed by atoms with E-state index >= 15 is 0 Å². The van der Waals surface area contributed by atoms with Crippen LogP contribution in [-0.2, 0) is 10.8 Å². The number of para-hydroxylation sites is 1. The van der Waals surface area contributed by atoms with Crippen LogP contribution < -0.4 is 16.6 Å². The van der Waals surface area contributed by atoms with E-state index < -0.39 is 10.8 Å². The second kappa shape index (κ2) is 7.84. The van der Waals surface area contributed by atoms with Crippen LogP contribution in [-0.4, -0.2) is 28.2 Å². The van der Waals surface area contributed by atoms with Crippen molar-refractivity contribution in [3.63, 3.8) is 0 Å². The van der Waals surface area contributed by atoms with Gasteiger partial charge < -0.3 is 5.32 Å². The summed E-state index contributed by atoms with van der Waals surface area (Å²) in [6.45, 7) is 2.53. The van der Waals surface area contributed by atoms with Gasteiger partial charge in [-0.05, 0) is 18.6 Å². The van der Waals surface area contributed by atoms with Crippen molar-refractivity contribution < 1.29 is 4.21 Å². The van der Waals surface area contributed by atoms with Crippen molar-refractivity contribution in [2.75, 3.05) is 18.1 Å². The number of hydrazine groups is 1. The number of nitrogens with zero attached hydrogens (tertiary/aromatic N) is 1. The number of aliphatic imine (C=N–C) groups is 1. The Morgan fingerprint density at radius 3 is 2.67 bits per heavy atom. The van der Waals surface area contributed by atoms with E-state index in [0.717, 1.165) is 12.1 Å². The number of rotatable bonds is 5. The molecule has 0 aromatic heterocycles. The molecular weight excluding hydrogens is 248 g/mol. The van der Waals surface area contributed by atoms with Crippen molar-refractivity contribution in [3.05, 3.63) is 30.3 Å². The standard InChI is InChI=1S/C12H20N4OS/c1-10(18(2)17)8-9-14-12(16-13)15-11-6-4-3-5-7-11/h3-7,10H,8-9,13H2,1-2H3,(H2,14,15,16). The molecule has 0 aliphatic carbocycles. The third-order valence-electron chi connectivity index (χ3n) is 2.55. The molecule has 0 heterocycles. The summed E-state index contributed by atoms with van der Waals surface area (Å²) in [5, 5.41) is 3.21. The van der Waals surface area contributed by atoms with Crippen molar-refractivity contribution in [1.82, 2.24) is 5.43 Å².